The minimum atomic E-state index is -4.11. The fourth-order valence-corrected chi connectivity index (χ4v) is 5.79. The summed E-state index contributed by atoms with van der Waals surface area (Å²) in [6.45, 7) is 1.63. The van der Waals surface area contributed by atoms with Gasteiger partial charge in [-0.2, -0.15) is 4.31 Å². The van der Waals surface area contributed by atoms with Gasteiger partial charge in [0.25, 0.3) is 5.91 Å². The number of sulfonamides is 1. The lowest BCUT2D eigenvalue weighted by Gasteiger charge is -2.35. The summed E-state index contributed by atoms with van der Waals surface area (Å²) in [5.41, 5.74) is 2.46. The predicted octanol–water partition coefficient (Wildman–Crippen LogP) is 3.30. The van der Waals surface area contributed by atoms with Crippen LogP contribution in [0, 0.1) is 5.82 Å². The lowest BCUT2D eigenvalue weighted by molar-refractivity contribution is -0.122. The van der Waals surface area contributed by atoms with E-state index in [1.54, 1.807) is 25.1 Å². The minimum Gasteiger partial charge on any atom is -0.479 e. The van der Waals surface area contributed by atoms with Gasteiger partial charge in [-0.3, -0.25) is 9.59 Å². The summed E-state index contributed by atoms with van der Waals surface area (Å²) in [6, 6.07) is 15.6. The molecule has 0 bridgehead atoms. The third kappa shape index (κ3) is 4.38. The van der Waals surface area contributed by atoms with Gasteiger partial charge in [0.15, 0.2) is 6.10 Å². The monoisotopic (exact) mass is 495 g/mol. The lowest BCUT2D eigenvalue weighted by Crippen LogP contribution is -2.50. The number of halogens is 1. The van der Waals surface area contributed by atoms with Crippen LogP contribution in [0.3, 0.4) is 0 Å². The molecule has 0 aliphatic carbocycles. The summed E-state index contributed by atoms with van der Waals surface area (Å²) in [4.78, 5) is 25.3. The van der Waals surface area contributed by atoms with E-state index < -0.39 is 33.9 Å². The molecule has 2 atom stereocenters. The Bertz CT molecular complexity index is 1430. The quantitative estimate of drug-likeness (QED) is 0.578. The second-order valence-corrected chi connectivity index (χ2v) is 10.3. The van der Waals surface area contributed by atoms with Gasteiger partial charge < -0.3 is 15.4 Å². The molecule has 0 aromatic heterocycles. The zero-order valence-corrected chi connectivity index (χ0v) is 19.5. The highest BCUT2D eigenvalue weighted by Gasteiger charge is 2.39. The van der Waals surface area contributed by atoms with E-state index in [2.05, 4.69) is 10.6 Å². The number of carbonyl (C=O) groups is 2. The first-order valence-electron chi connectivity index (χ1n) is 11.0. The van der Waals surface area contributed by atoms with Crippen molar-refractivity contribution in [3.05, 3.63) is 83.7 Å². The lowest BCUT2D eigenvalue weighted by atomic mass is 9.95. The second-order valence-electron chi connectivity index (χ2n) is 8.44. The molecular weight excluding hydrogens is 473 g/mol. The molecule has 2 N–H and O–H groups in total. The largest absolute Gasteiger partial charge is 0.479 e. The molecular formula is C25H22FN3O5S. The van der Waals surface area contributed by atoms with Crippen LogP contribution in [0.1, 0.15) is 18.1 Å². The van der Waals surface area contributed by atoms with Crippen molar-refractivity contribution in [2.45, 2.75) is 36.9 Å². The average molecular weight is 496 g/mol. The molecule has 2 aliphatic heterocycles. The number of rotatable bonds is 4. The van der Waals surface area contributed by atoms with Gasteiger partial charge in [0.1, 0.15) is 17.6 Å². The van der Waals surface area contributed by atoms with E-state index in [-0.39, 0.29) is 23.8 Å². The molecule has 5 rings (SSSR count). The summed E-state index contributed by atoms with van der Waals surface area (Å²) < 4.78 is 47.1. The topological polar surface area (TPSA) is 105 Å². The van der Waals surface area contributed by atoms with Gasteiger partial charge in [0.2, 0.25) is 15.9 Å². The van der Waals surface area contributed by atoms with Gasteiger partial charge in [0.05, 0.1) is 10.6 Å². The molecule has 2 aliphatic rings. The summed E-state index contributed by atoms with van der Waals surface area (Å²) in [5.74, 6) is -0.912. The van der Waals surface area contributed by atoms with Gasteiger partial charge in [-0.15, -0.1) is 0 Å². The molecule has 0 saturated carbocycles. The van der Waals surface area contributed by atoms with E-state index in [1.807, 2.05) is 24.3 Å². The average Bonchev–Trinajstić information content (AvgIpc) is 2.84. The van der Waals surface area contributed by atoms with Crippen molar-refractivity contribution in [1.29, 1.82) is 0 Å². The summed E-state index contributed by atoms with van der Waals surface area (Å²) in [6.07, 6.45) is -0.458. The molecule has 35 heavy (non-hydrogen) atoms. The van der Waals surface area contributed by atoms with E-state index in [9.17, 15) is 22.4 Å². The maximum atomic E-state index is 13.5. The van der Waals surface area contributed by atoms with Crippen LogP contribution in [0.25, 0.3) is 0 Å². The van der Waals surface area contributed by atoms with Crippen molar-refractivity contribution in [1.82, 2.24) is 4.31 Å². The summed E-state index contributed by atoms with van der Waals surface area (Å²) in [7, 11) is -4.11. The van der Waals surface area contributed by atoms with Crippen molar-refractivity contribution in [3.63, 3.8) is 0 Å². The van der Waals surface area contributed by atoms with Gasteiger partial charge in [-0.25, -0.2) is 12.8 Å². The number of ether oxygens (including phenoxy) is 1. The zero-order chi connectivity index (χ0) is 24.7. The maximum Gasteiger partial charge on any atom is 0.265 e. The first kappa shape index (κ1) is 23.0. The Labute approximate surface area is 201 Å². The molecule has 0 spiro atoms. The number of amides is 2. The van der Waals surface area contributed by atoms with Crippen LogP contribution in [-0.4, -0.2) is 36.7 Å². The molecule has 2 amide bonds. The van der Waals surface area contributed by atoms with Crippen molar-refractivity contribution >= 4 is 33.2 Å². The van der Waals surface area contributed by atoms with Crippen LogP contribution >= 0.6 is 0 Å². The molecule has 180 valence electrons. The van der Waals surface area contributed by atoms with Gasteiger partial charge in [-0.1, -0.05) is 24.3 Å². The van der Waals surface area contributed by atoms with E-state index >= 15 is 0 Å². The zero-order valence-electron chi connectivity index (χ0n) is 18.7. The molecule has 0 fully saturated rings. The maximum absolute atomic E-state index is 13.5. The van der Waals surface area contributed by atoms with Gasteiger partial charge in [-0.05, 0) is 66.9 Å². The molecule has 10 heteroatoms. The van der Waals surface area contributed by atoms with E-state index in [4.69, 9.17) is 4.74 Å². The minimum absolute atomic E-state index is 0.0000562. The molecule has 0 saturated heterocycles. The van der Waals surface area contributed by atoms with Crippen LogP contribution < -0.4 is 15.4 Å². The molecule has 0 unspecified atom stereocenters. The number of carbonyl (C=O) groups excluding carboxylic acids is 2. The van der Waals surface area contributed by atoms with Crippen molar-refractivity contribution in [2.24, 2.45) is 0 Å². The third-order valence-electron chi connectivity index (χ3n) is 6.11. The van der Waals surface area contributed by atoms with Crippen LogP contribution in [0.2, 0.25) is 0 Å². The number of benzene rings is 3. The Morgan fingerprint density at radius 3 is 2.54 bits per heavy atom. The number of nitrogens with zero attached hydrogens (tertiary/aromatic N) is 1. The Kier molecular flexibility index (Phi) is 5.78. The Hall–Kier alpha value is -3.76. The standard InChI is InChI=1S/C25H22FN3O5S/c1-15-24(30)28-21-13-19(8-11-23(21)34-15)27-25(31)22-12-16-4-2-3-5-17(16)14-29(22)35(32,33)20-9-6-18(26)7-10-20/h2-11,13,15,22H,12,14H2,1H3,(H,27,31)(H,28,30)/t15-,22-/m0/s1. The highest BCUT2D eigenvalue weighted by molar-refractivity contribution is 7.89. The van der Waals surface area contributed by atoms with Crippen molar-refractivity contribution < 1.29 is 27.1 Å². The van der Waals surface area contributed by atoms with Crippen LogP contribution in [0.15, 0.2) is 71.6 Å². The number of hydrogen-bond acceptors (Lipinski definition) is 5. The molecule has 8 nitrogen and oxygen atoms in total. The van der Waals surface area contributed by atoms with Crippen LogP contribution in [0.5, 0.6) is 5.75 Å². The second kappa shape index (κ2) is 8.79. The van der Waals surface area contributed by atoms with Gasteiger partial charge in [0, 0.05) is 12.2 Å². The summed E-state index contributed by atoms with van der Waals surface area (Å²) in [5, 5.41) is 5.49. The van der Waals surface area contributed by atoms with Crippen molar-refractivity contribution in [2.75, 3.05) is 10.6 Å². The fourth-order valence-electron chi connectivity index (χ4n) is 4.23. The predicted molar refractivity (Wildman–Crippen MR) is 127 cm³/mol. The molecule has 3 aromatic rings. The SMILES string of the molecule is C[C@@H]1Oc2ccc(NC(=O)[C@@H]3Cc4ccccc4CN3S(=O)(=O)c3ccc(F)cc3)cc2NC1=O. The first-order valence-corrected chi connectivity index (χ1v) is 12.4. The molecule has 2 heterocycles. The van der Waals surface area contributed by atoms with E-state index in [1.165, 1.54) is 12.1 Å². The highest BCUT2D eigenvalue weighted by atomic mass is 32.2. The Morgan fingerprint density at radius 2 is 1.80 bits per heavy atom. The van der Waals surface area contributed by atoms with Crippen molar-refractivity contribution in [3.8, 4) is 5.75 Å². The van der Waals surface area contributed by atoms with E-state index in [0.29, 0.717) is 17.1 Å². The van der Waals surface area contributed by atoms with Crippen LogP contribution in [0.4, 0.5) is 15.8 Å². The molecule has 0 radical (unpaired) electrons. The number of anilines is 2. The molecule has 3 aromatic carbocycles. The third-order valence-corrected chi connectivity index (χ3v) is 7.98. The smallest absolute Gasteiger partial charge is 0.265 e. The number of nitrogens with one attached hydrogen (secondary N) is 2. The highest BCUT2D eigenvalue weighted by Crippen LogP contribution is 2.33. The van der Waals surface area contributed by atoms with Crippen LogP contribution in [-0.2, 0) is 32.6 Å². The normalized spacial score (nSPS) is 19.7. The number of hydrogen-bond donors (Lipinski definition) is 2. The first-order chi connectivity index (χ1) is 16.7. The van der Waals surface area contributed by atoms with E-state index in [0.717, 1.165) is 27.6 Å². The Morgan fingerprint density at radius 1 is 1.09 bits per heavy atom. The summed E-state index contributed by atoms with van der Waals surface area (Å²) >= 11 is 0. The van der Waals surface area contributed by atoms with Gasteiger partial charge >= 0.3 is 0 Å². The Balaban J connectivity index is 1.46. The number of fused-ring (bicyclic) bond motifs is 2. The fraction of sp³-hybridized carbons (Fsp3) is 0.200.